The topological polar surface area (TPSA) is 111 Å². The molecule has 0 saturated carbocycles. The fourth-order valence-corrected chi connectivity index (χ4v) is 2.08. The number of anilines is 1. The number of amides is 1. The van der Waals surface area contributed by atoms with E-state index in [2.05, 4.69) is 10.6 Å². The minimum Gasteiger partial charge on any atom is -0.355 e. The third-order valence-electron chi connectivity index (χ3n) is 3.23. The summed E-state index contributed by atoms with van der Waals surface area (Å²) in [5, 5.41) is 25.8. The van der Waals surface area contributed by atoms with Gasteiger partial charge in [0.25, 0.3) is 11.6 Å². The van der Waals surface area contributed by atoms with Crippen LogP contribution < -0.4 is 10.6 Å². The van der Waals surface area contributed by atoms with E-state index in [4.69, 9.17) is 5.26 Å². The summed E-state index contributed by atoms with van der Waals surface area (Å²) in [7, 11) is 0. The first kappa shape index (κ1) is 15.5. The van der Waals surface area contributed by atoms with Gasteiger partial charge in [-0.25, -0.2) is 0 Å². The van der Waals surface area contributed by atoms with E-state index in [0.29, 0.717) is 26.2 Å². The molecule has 1 aliphatic rings. The summed E-state index contributed by atoms with van der Waals surface area (Å²) in [6, 6.07) is 7.87. The average Bonchev–Trinajstić information content (AvgIpc) is 2.56. The maximum absolute atomic E-state index is 12.2. The van der Waals surface area contributed by atoms with Gasteiger partial charge in [0.15, 0.2) is 0 Å². The smallest absolute Gasteiger partial charge is 0.292 e. The molecule has 8 heteroatoms. The molecule has 1 heterocycles. The number of hydrogen-bond donors (Lipinski definition) is 2. The van der Waals surface area contributed by atoms with Crippen molar-refractivity contribution >= 4 is 17.3 Å². The van der Waals surface area contributed by atoms with Gasteiger partial charge in [-0.1, -0.05) is 12.1 Å². The molecule has 1 aromatic rings. The second kappa shape index (κ2) is 7.19. The molecule has 0 spiro atoms. The van der Waals surface area contributed by atoms with Crippen LogP contribution in [0.15, 0.2) is 36.0 Å². The fraction of sp³-hybridized carbons (Fsp3) is 0.286. The molecule has 8 nitrogen and oxygen atoms in total. The van der Waals surface area contributed by atoms with Crippen LogP contribution in [0.2, 0.25) is 0 Å². The number of para-hydroxylation sites is 2. The van der Waals surface area contributed by atoms with Crippen molar-refractivity contribution in [2.45, 2.75) is 0 Å². The number of nitro benzene ring substituents is 1. The molecule has 1 amide bonds. The van der Waals surface area contributed by atoms with Crippen LogP contribution in [0.25, 0.3) is 0 Å². The highest BCUT2D eigenvalue weighted by Gasteiger charge is 2.20. The number of carbonyl (C=O) groups excluding carboxylic acids is 1. The molecule has 1 aliphatic heterocycles. The predicted octanol–water partition coefficient (Wildman–Crippen LogP) is 0.846. The van der Waals surface area contributed by atoms with Crippen molar-refractivity contribution in [3.63, 3.8) is 0 Å². The number of piperazine rings is 1. The summed E-state index contributed by atoms with van der Waals surface area (Å²) in [5.41, 5.74) is 0.0269. The van der Waals surface area contributed by atoms with Crippen LogP contribution in [0.4, 0.5) is 11.4 Å². The lowest BCUT2D eigenvalue weighted by Crippen LogP contribution is -2.46. The van der Waals surface area contributed by atoms with Crippen molar-refractivity contribution < 1.29 is 9.72 Å². The summed E-state index contributed by atoms with van der Waals surface area (Å²) in [6.45, 7) is 2.43. The Morgan fingerprint density at radius 3 is 2.73 bits per heavy atom. The quantitative estimate of drug-likeness (QED) is 0.369. The summed E-state index contributed by atoms with van der Waals surface area (Å²) in [6.07, 6.45) is 1.21. The molecule has 22 heavy (non-hydrogen) atoms. The zero-order chi connectivity index (χ0) is 15.9. The van der Waals surface area contributed by atoms with Crippen LogP contribution in [-0.2, 0) is 4.79 Å². The van der Waals surface area contributed by atoms with Gasteiger partial charge in [0.05, 0.1) is 4.92 Å². The predicted molar refractivity (Wildman–Crippen MR) is 79.9 cm³/mol. The van der Waals surface area contributed by atoms with Gasteiger partial charge in [-0.15, -0.1) is 0 Å². The van der Waals surface area contributed by atoms with Crippen LogP contribution in [-0.4, -0.2) is 41.9 Å². The molecule has 0 aliphatic carbocycles. The third kappa shape index (κ3) is 3.59. The van der Waals surface area contributed by atoms with Crippen molar-refractivity contribution in [3.05, 3.63) is 46.2 Å². The van der Waals surface area contributed by atoms with Gasteiger partial charge < -0.3 is 15.5 Å². The molecule has 0 bridgehead atoms. The first-order valence-electron chi connectivity index (χ1n) is 6.73. The lowest BCUT2D eigenvalue weighted by atomic mass is 10.2. The molecule has 0 atom stereocenters. The SMILES string of the molecule is N#C/C(=C/Nc1ccccc1[N+](=O)[O-])C(=O)N1CCNCC1. The number of carbonyl (C=O) groups is 1. The van der Waals surface area contributed by atoms with Crippen molar-refractivity contribution in [3.8, 4) is 6.07 Å². The molecule has 0 radical (unpaired) electrons. The van der Waals surface area contributed by atoms with Gasteiger partial charge in [0, 0.05) is 38.4 Å². The van der Waals surface area contributed by atoms with Crippen LogP contribution in [0.3, 0.4) is 0 Å². The Bertz CT molecular complexity index is 644. The minimum absolute atomic E-state index is 0.0833. The molecule has 2 rings (SSSR count). The largest absolute Gasteiger partial charge is 0.355 e. The molecular formula is C14H15N5O3. The Balaban J connectivity index is 2.15. The molecule has 0 aromatic heterocycles. The molecule has 0 unspecified atom stereocenters. The van der Waals surface area contributed by atoms with E-state index >= 15 is 0 Å². The second-order valence-electron chi connectivity index (χ2n) is 4.63. The number of benzene rings is 1. The van der Waals surface area contributed by atoms with E-state index < -0.39 is 4.92 Å². The first-order valence-corrected chi connectivity index (χ1v) is 6.73. The van der Waals surface area contributed by atoms with E-state index in [-0.39, 0.29) is 22.9 Å². The highest BCUT2D eigenvalue weighted by Crippen LogP contribution is 2.23. The highest BCUT2D eigenvalue weighted by molar-refractivity contribution is 5.97. The first-order chi connectivity index (χ1) is 10.6. The molecule has 1 aromatic carbocycles. The van der Waals surface area contributed by atoms with Crippen molar-refractivity contribution in [2.24, 2.45) is 0 Å². The molecule has 1 fully saturated rings. The molecular weight excluding hydrogens is 286 g/mol. The summed E-state index contributed by atoms with van der Waals surface area (Å²) in [5.74, 6) is -0.380. The van der Waals surface area contributed by atoms with Crippen LogP contribution in [0.1, 0.15) is 0 Å². The van der Waals surface area contributed by atoms with Gasteiger partial charge in [-0.2, -0.15) is 5.26 Å². The van der Waals surface area contributed by atoms with E-state index in [0.717, 1.165) is 0 Å². The Labute approximate surface area is 127 Å². The number of nitrogens with zero attached hydrogens (tertiary/aromatic N) is 3. The summed E-state index contributed by atoms with van der Waals surface area (Å²) >= 11 is 0. The van der Waals surface area contributed by atoms with E-state index in [1.807, 2.05) is 6.07 Å². The Morgan fingerprint density at radius 2 is 2.09 bits per heavy atom. The van der Waals surface area contributed by atoms with E-state index in [1.165, 1.54) is 18.3 Å². The van der Waals surface area contributed by atoms with Crippen molar-refractivity contribution in [1.82, 2.24) is 10.2 Å². The van der Waals surface area contributed by atoms with Crippen LogP contribution >= 0.6 is 0 Å². The second-order valence-corrected chi connectivity index (χ2v) is 4.63. The van der Waals surface area contributed by atoms with Gasteiger partial charge >= 0.3 is 0 Å². The van der Waals surface area contributed by atoms with E-state index in [1.54, 1.807) is 17.0 Å². The Morgan fingerprint density at radius 1 is 1.41 bits per heavy atom. The monoisotopic (exact) mass is 301 g/mol. The summed E-state index contributed by atoms with van der Waals surface area (Å²) < 4.78 is 0. The van der Waals surface area contributed by atoms with Gasteiger partial charge in [0.2, 0.25) is 0 Å². The maximum Gasteiger partial charge on any atom is 0.292 e. The number of rotatable bonds is 4. The standard InChI is InChI=1S/C14H15N5O3/c15-9-11(14(20)18-7-5-16-6-8-18)10-17-12-3-1-2-4-13(12)19(21)22/h1-4,10,16-17H,5-8H2/b11-10-. The lowest BCUT2D eigenvalue weighted by molar-refractivity contribution is -0.383. The van der Waals surface area contributed by atoms with Crippen LogP contribution in [0.5, 0.6) is 0 Å². The average molecular weight is 301 g/mol. The fourth-order valence-electron chi connectivity index (χ4n) is 2.08. The third-order valence-corrected chi connectivity index (χ3v) is 3.23. The number of nitrogens with one attached hydrogen (secondary N) is 2. The number of nitriles is 1. The van der Waals surface area contributed by atoms with Gasteiger partial charge in [-0.3, -0.25) is 14.9 Å². The van der Waals surface area contributed by atoms with Crippen molar-refractivity contribution in [1.29, 1.82) is 5.26 Å². The Kier molecular flexibility index (Phi) is 5.06. The van der Waals surface area contributed by atoms with Crippen molar-refractivity contribution in [2.75, 3.05) is 31.5 Å². The van der Waals surface area contributed by atoms with Gasteiger partial charge in [0.1, 0.15) is 17.3 Å². The lowest BCUT2D eigenvalue weighted by Gasteiger charge is -2.27. The zero-order valence-corrected chi connectivity index (χ0v) is 11.8. The van der Waals surface area contributed by atoms with Crippen LogP contribution in [0, 0.1) is 21.4 Å². The van der Waals surface area contributed by atoms with E-state index in [9.17, 15) is 14.9 Å². The normalized spacial score (nSPS) is 15.0. The number of hydrogen-bond acceptors (Lipinski definition) is 6. The number of nitro groups is 1. The van der Waals surface area contributed by atoms with Gasteiger partial charge in [-0.05, 0) is 6.07 Å². The molecule has 114 valence electrons. The highest BCUT2D eigenvalue weighted by atomic mass is 16.6. The maximum atomic E-state index is 12.2. The molecule has 1 saturated heterocycles. The molecule has 2 N–H and O–H groups in total. The zero-order valence-electron chi connectivity index (χ0n) is 11.8. The Hall–Kier alpha value is -2.92. The summed E-state index contributed by atoms with van der Waals surface area (Å²) in [4.78, 5) is 24.2. The minimum atomic E-state index is -0.527.